The maximum Gasteiger partial charge on any atom is 0.126 e. The van der Waals surface area contributed by atoms with E-state index in [0.29, 0.717) is 37.5 Å². The summed E-state index contributed by atoms with van der Waals surface area (Å²) in [4.78, 5) is 0. The van der Waals surface area contributed by atoms with Crippen molar-refractivity contribution >= 4 is 0 Å². The van der Waals surface area contributed by atoms with Crippen molar-refractivity contribution in [3.8, 4) is 0 Å². The van der Waals surface area contributed by atoms with Crippen LogP contribution in [0.3, 0.4) is 0 Å². The lowest BCUT2D eigenvalue weighted by atomic mass is 9.72. The zero-order chi connectivity index (χ0) is 10.8. The van der Waals surface area contributed by atoms with Crippen LogP contribution in [0.15, 0.2) is 0 Å². The second kappa shape index (κ2) is 4.77. The summed E-state index contributed by atoms with van der Waals surface area (Å²) in [5.41, 5.74) is 0. The van der Waals surface area contributed by atoms with Gasteiger partial charge in [-0.25, -0.2) is 8.78 Å². The summed E-state index contributed by atoms with van der Waals surface area (Å²) in [5.74, 6) is 0.888. The molecule has 0 bridgehead atoms. The van der Waals surface area contributed by atoms with Crippen LogP contribution in [0.4, 0.5) is 8.78 Å². The van der Waals surface area contributed by atoms with Gasteiger partial charge in [-0.05, 0) is 56.8 Å². The molecular formula is C12H20F2O. The van der Waals surface area contributed by atoms with Gasteiger partial charge in [-0.2, -0.15) is 0 Å². The van der Waals surface area contributed by atoms with E-state index >= 15 is 0 Å². The Morgan fingerprint density at radius 1 is 0.800 bits per heavy atom. The Labute approximate surface area is 89.9 Å². The van der Waals surface area contributed by atoms with Crippen LogP contribution >= 0.6 is 0 Å². The molecule has 0 aromatic carbocycles. The zero-order valence-electron chi connectivity index (χ0n) is 9.04. The third-order valence-electron chi connectivity index (χ3n) is 4.15. The van der Waals surface area contributed by atoms with E-state index in [4.69, 9.17) is 0 Å². The van der Waals surface area contributed by atoms with Gasteiger partial charge in [0.25, 0.3) is 0 Å². The van der Waals surface area contributed by atoms with Gasteiger partial charge in [-0.1, -0.05) is 0 Å². The Morgan fingerprint density at radius 3 is 2.00 bits per heavy atom. The molecule has 2 aliphatic rings. The first-order valence-electron chi connectivity index (χ1n) is 6.13. The predicted octanol–water partition coefficient (Wildman–Crippen LogP) is 3.01. The largest absolute Gasteiger partial charge is 0.390 e. The standard InChI is InChI=1S/C12H20F2O/c13-10-4-1-8(2-5-10)9-3-6-12(15)11(14)7-9/h8-12,15H,1-7H2. The molecule has 0 aromatic heterocycles. The van der Waals surface area contributed by atoms with Gasteiger partial charge in [0.05, 0.1) is 6.10 Å². The van der Waals surface area contributed by atoms with Crippen LogP contribution in [-0.2, 0) is 0 Å². The Morgan fingerprint density at radius 2 is 1.40 bits per heavy atom. The second-order valence-corrected chi connectivity index (χ2v) is 5.17. The molecule has 0 aromatic rings. The lowest BCUT2D eigenvalue weighted by molar-refractivity contribution is 0.00449. The summed E-state index contributed by atoms with van der Waals surface area (Å²) in [7, 11) is 0. The fourth-order valence-electron chi connectivity index (χ4n) is 3.11. The molecule has 15 heavy (non-hydrogen) atoms. The minimum atomic E-state index is -1.05. The Kier molecular flexibility index (Phi) is 3.60. The highest BCUT2D eigenvalue weighted by Gasteiger charge is 2.35. The summed E-state index contributed by atoms with van der Waals surface area (Å²) in [6.45, 7) is 0. The van der Waals surface area contributed by atoms with Crippen molar-refractivity contribution in [2.45, 2.75) is 63.4 Å². The minimum absolute atomic E-state index is 0.385. The van der Waals surface area contributed by atoms with Gasteiger partial charge >= 0.3 is 0 Å². The van der Waals surface area contributed by atoms with E-state index in [1.165, 1.54) is 0 Å². The molecule has 2 fully saturated rings. The molecule has 2 rings (SSSR count). The molecule has 0 amide bonds. The molecule has 3 atom stereocenters. The second-order valence-electron chi connectivity index (χ2n) is 5.17. The normalized spacial score (nSPS) is 47.8. The monoisotopic (exact) mass is 218 g/mol. The Hall–Kier alpha value is -0.180. The molecule has 0 aliphatic heterocycles. The van der Waals surface area contributed by atoms with Crippen LogP contribution in [0, 0.1) is 11.8 Å². The molecule has 1 nitrogen and oxygen atoms in total. The van der Waals surface area contributed by atoms with E-state index in [1.807, 2.05) is 0 Å². The predicted molar refractivity (Wildman–Crippen MR) is 55.1 cm³/mol. The number of hydrogen-bond donors (Lipinski definition) is 1. The number of rotatable bonds is 1. The number of hydrogen-bond acceptors (Lipinski definition) is 1. The third-order valence-corrected chi connectivity index (χ3v) is 4.15. The average molecular weight is 218 g/mol. The highest BCUT2D eigenvalue weighted by molar-refractivity contribution is 4.85. The van der Waals surface area contributed by atoms with Gasteiger partial charge in [0.1, 0.15) is 12.3 Å². The number of aliphatic hydroxyl groups is 1. The van der Waals surface area contributed by atoms with E-state index in [0.717, 1.165) is 19.3 Å². The fraction of sp³-hybridized carbons (Fsp3) is 1.00. The smallest absolute Gasteiger partial charge is 0.126 e. The van der Waals surface area contributed by atoms with E-state index < -0.39 is 18.4 Å². The van der Waals surface area contributed by atoms with Gasteiger partial charge in [0, 0.05) is 0 Å². The highest BCUT2D eigenvalue weighted by atomic mass is 19.1. The zero-order valence-corrected chi connectivity index (χ0v) is 9.04. The van der Waals surface area contributed by atoms with Gasteiger partial charge in [-0.3, -0.25) is 0 Å². The first kappa shape index (κ1) is 11.3. The summed E-state index contributed by atoms with van der Waals surface area (Å²) in [6, 6.07) is 0. The van der Waals surface area contributed by atoms with Gasteiger partial charge in [0.2, 0.25) is 0 Å². The minimum Gasteiger partial charge on any atom is -0.390 e. The van der Waals surface area contributed by atoms with Crippen LogP contribution in [0.5, 0.6) is 0 Å². The van der Waals surface area contributed by atoms with Crippen LogP contribution in [0.25, 0.3) is 0 Å². The van der Waals surface area contributed by atoms with Crippen molar-refractivity contribution in [1.82, 2.24) is 0 Å². The first-order valence-corrected chi connectivity index (χ1v) is 6.13. The highest BCUT2D eigenvalue weighted by Crippen LogP contribution is 2.39. The SMILES string of the molecule is OC1CCC(C2CCC(F)CC2)CC1F. The van der Waals surface area contributed by atoms with Crippen molar-refractivity contribution in [2.24, 2.45) is 11.8 Å². The van der Waals surface area contributed by atoms with Crippen LogP contribution < -0.4 is 0 Å². The number of aliphatic hydroxyl groups excluding tert-OH is 1. The lowest BCUT2D eigenvalue weighted by Crippen LogP contribution is -2.34. The number of alkyl halides is 2. The Balaban J connectivity index is 1.84. The molecule has 2 saturated carbocycles. The topological polar surface area (TPSA) is 20.2 Å². The molecular weight excluding hydrogens is 198 g/mol. The van der Waals surface area contributed by atoms with Crippen LogP contribution in [-0.4, -0.2) is 23.6 Å². The molecule has 3 unspecified atom stereocenters. The molecule has 0 heterocycles. The van der Waals surface area contributed by atoms with Crippen molar-refractivity contribution in [1.29, 1.82) is 0 Å². The van der Waals surface area contributed by atoms with Crippen molar-refractivity contribution in [3.63, 3.8) is 0 Å². The molecule has 0 radical (unpaired) electrons. The fourth-order valence-corrected chi connectivity index (χ4v) is 3.11. The molecule has 0 saturated heterocycles. The van der Waals surface area contributed by atoms with E-state index in [9.17, 15) is 13.9 Å². The Bertz CT molecular complexity index is 202. The third kappa shape index (κ3) is 2.68. The van der Waals surface area contributed by atoms with E-state index in [2.05, 4.69) is 0 Å². The van der Waals surface area contributed by atoms with Crippen molar-refractivity contribution in [2.75, 3.05) is 0 Å². The maximum atomic E-state index is 13.3. The van der Waals surface area contributed by atoms with Crippen molar-refractivity contribution < 1.29 is 13.9 Å². The van der Waals surface area contributed by atoms with Gasteiger partial charge in [0.15, 0.2) is 0 Å². The summed E-state index contributed by atoms with van der Waals surface area (Å²) >= 11 is 0. The molecule has 3 heteroatoms. The average Bonchev–Trinajstić information content (AvgIpc) is 2.23. The van der Waals surface area contributed by atoms with Gasteiger partial charge < -0.3 is 5.11 Å². The molecule has 2 aliphatic carbocycles. The van der Waals surface area contributed by atoms with Crippen molar-refractivity contribution in [3.05, 3.63) is 0 Å². The van der Waals surface area contributed by atoms with E-state index in [1.54, 1.807) is 0 Å². The summed E-state index contributed by atoms with van der Waals surface area (Å²) in [6.07, 6.45) is 2.69. The lowest BCUT2D eigenvalue weighted by Gasteiger charge is -2.36. The van der Waals surface area contributed by atoms with Crippen LogP contribution in [0.2, 0.25) is 0 Å². The molecule has 1 N–H and O–H groups in total. The first-order chi connectivity index (χ1) is 7.16. The van der Waals surface area contributed by atoms with E-state index in [-0.39, 0.29) is 0 Å². The quantitative estimate of drug-likeness (QED) is 0.717. The molecule has 0 spiro atoms. The van der Waals surface area contributed by atoms with Crippen LogP contribution in [0.1, 0.15) is 44.9 Å². The van der Waals surface area contributed by atoms with Gasteiger partial charge in [-0.15, -0.1) is 0 Å². The summed E-state index contributed by atoms with van der Waals surface area (Å²) < 4.78 is 26.3. The number of halogens is 2. The summed E-state index contributed by atoms with van der Waals surface area (Å²) in [5, 5.41) is 9.30. The molecule has 88 valence electrons. The maximum absolute atomic E-state index is 13.3.